The van der Waals surface area contributed by atoms with Crippen molar-refractivity contribution < 1.29 is 4.74 Å². The van der Waals surface area contributed by atoms with Crippen LogP contribution < -0.4 is 10.6 Å². The number of ether oxygens (including phenoxy) is 1. The SMILES string of the molecule is CCNC(=NCc1ccccc1CN1CCN(CC)CC1)NCCOCC.I. The summed E-state index contributed by atoms with van der Waals surface area (Å²) in [4.78, 5) is 9.85. The zero-order valence-electron chi connectivity index (χ0n) is 17.7. The lowest BCUT2D eigenvalue weighted by Gasteiger charge is -2.34. The minimum Gasteiger partial charge on any atom is -0.380 e. The van der Waals surface area contributed by atoms with Crippen molar-refractivity contribution in [3.05, 3.63) is 35.4 Å². The van der Waals surface area contributed by atoms with Crippen molar-refractivity contribution in [1.29, 1.82) is 0 Å². The van der Waals surface area contributed by atoms with E-state index >= 15 is 0 Å². The van der Waals surface area contributed by atoms with Gasteiger partial charge in [-0.1, -0.05) is 31.2 Å². The third-order valence-corrected chi connectivity index (χ3v) is 4.92. The molecule has 0 unspecified atom stereocenters. The molecule has 1 fully saturated rings. The maximum Gasteiger partial charge on any atom is 0.191 e. The van der Waals surface area contributed by atoms with Crippen molar-refractivity contribution in [3.63, 3.8) is 0 Å². The van der Waals surface area contributed by atoms with Crippen LogP contribution in [0.15, 0.2) is 29.3 Å². The van der Waals surface area contributed by atoms with Gasteiger partial charge < -0.3 is 20.3 Å². The Labute approximate surface area is 188 Å². The summed E-state index contributed by atoms with van der Waals surface area (Å²) in [5.41, 5.74) is 2.69. The lowest BCUT2D eigenvalue weighted by atomic mass is 10.1. The van der Waals surface area contributed by atoms with Gasteiger partial charge in [0.15, 0.2) is 5.96 Å². The van der Waals surface area contributed by atoms with Gasteiger partial charge in [0.2, 0.25) is 0 Å². The lowest BCUT2D eigenvalue weighted by molar-refractivity contribution is 0.131. The highest BCUT2D eigenvalue weighted by molar-refractivity contribution is 14.0. The molecule has 7 heteroatoms. The van der Waals surface area contributed by atoms with Crippen molar-refractivity contribution in [2.24, 2.45) is 4.99 Å². The number of benzene rings is 1. The summed E-state index contributed by atoms with van der Waals surface area (Å²) in [7, 11) is 0. The molecule has 1 aliphatic heterocycles. The Balaban J connectivity index is 0.00000392. The van der Waals surface area contributed by atoms with Crippen molar-refractivity contribution in [2.45, 2.75) is 33.9 Å². The first-order valence-corrected chi connectivity index (χ1v) is 10.4. The number of nitrogens with zero attached hydrogens (tertiary/aromatic N) is 3. The van der Waals surface area contributed by atoms with E-state index in [1.807, 2.05) is 6.92 Å². The second-order valence-corrected chi connectivity index (χ2v) is 6.80. The molecule has 6 nitrogen and oxygen atoms in total. The van der Waals surface area contributed by atoms with E-state index in [0.29, 0.717) is 13.2 Å². The standard InChI is InChI=1S/C21H37N5O.HI/c1-4-22-21(23-11-16-27-6-3)24-17-19-9-7-8-10-20(19)18-26-14-12-25(5-2)13-15-26;/h7-10H,4-6,11-18H2,1-3H3,(H2,22,23,24);1H. The Kier molecular flexibility index (Phi) is 13.5. The molecule has 2 N–H and O–H groups in total. The number of piperazine rings is 1. The van der Waals surface area contributed by atoms with Crippen molar-refractivity contribution in [1.82, 2.24) is 20.4 Å². The van der Waals surface area contributed by atoms with E-state index < -0.39 is 0 Å². The summed E-state index contributed by atoms with van der Waals surface area (Å²) in [6, 6.07) is 8.69. The summed E-state index contributed by atoms with van der Waals surface area (Å²) in [5.74, 6) is 0.851. The Morgan fingerprint density at radius 3 is 2.32 bits per heavy atom. The molecule has 1 aromatic rings. The lowest BCUT2D eigenvalue weighted by Crippen LogP contribution is -2.45. The molecule has 0 aliphatic carbocycles. The molecule has 0 amide bonds. The molecule has 0 radical (unpaired) electrons. The smallest absolute Gasteiger partial charge is 0.191 e. The topological polar surface area (TPSA) is 52.1 Å². The van der Waals surface area contributed by atoms with E-state index in [1.165, 1.54) is 24.2 Å². The average Bonchev–Trinajstić information content (AvgIpc) is 2.71. The van der Waals surface area contributed by atoms with Gasteiger partial charge in [-0.25, -0.2) is 4.99 Å². The number of likely N-dealkylation sites (N-methyl/N-ethyl adjacent to an activating group) is 1. The van der Waals surface area contributed by atoms with Gasteiger partial charge in [-0.2, -0.15) is 0 Å². The molecule has 0 atom stereocenters. The van der Waals surface area contributed by atoms with Gasteiger partial charge in [0.05, 0.1) is 13.2 Å². The van der Waals surface area contributed by atoms with Crippen LogP contribution in [0.2, 0.25) is 0 Å². The van der Waals surface area contributed by atoms with E-state index in [9.17, 15) is 0 Å². The molecular weight excluding hydrogens is 465 g/mol. The largest absolute Gasteiger partial charge is 0.380 e. The number of hydrogen-bond donors (Lipinski definition) is 2. The third-order valence-electron chi connectivity index (χ3n) is 4.92. The molecular formula is C21H38IN5O. The quantitative estimate of drug-likeness (QED) is 0.223. The number of nitrogens with one attached hydrogen (secondary N) is 2. The van der Waals surface area contributed by atoms with Crippen LogP contribution in [0.1, 0.15) is 31.9 Å². The Hall–Kier alpha value is -0.900. The second-order valence-electron chi connectivity index (χ2n) is 6.80. The highest BCUT2D eigenvalue weighted by atomic mass is 127. The van der Waals surface area contributed by atoms with Crippen LogP contribution in [0.5, 0.6) is 0 Å². The van der Waals surface area contributed by atoms with Gasteiger partial charge in [-0.3, -0.25) is 4.90 Å². The van der Waals surface area contributed by atoms with Gasteiger partial charge in [0.25, 0.3) is 0 Å². The zero-order valence-corrected chi connectivity index (χ0v) is 20.1. The Bertz CT molecular complexity index is 561. The first-order valence-electron chi connectivity index (χ1n) is 10.4. The normalized spacial score (nSPS) is 15.9. The molecule has 160 valence electrons. The van der Waals surface area contributed by atoms with Gasteiger partial charge in [-0.15, -0.1) is 24.0 Å². The molecule has 28 heavy (non-hydrogen) atoms. The summed E-state index contributed by atoms with van der Waals surface area (Å²) >= 11 is 0. The highest BCUT2D eigenvalue weighted by Gasteiger charge is 2.16. The van der Waals surface area contributed by atoms with Gasteiger partial charge >= 0.3 is 0 Å². The van der Waals surface area contributed by atoms with Crippen molar-refractivity contribution >= 4 is 29.9 Å². The number of halogens is 1. The fourth-order valence-corrected chi connectivity index (χ4v) is 3.26. The average molecular weight is 503 g/mol. The van der Waals surface area contributed by atoms with Crippen LogP contribution >= 0.6 is 24.0 Å². The third kappa shape index (κ3) is 9.07. The van der Waals surface area contributed by atoms with Crippen LogP contribution in [0.4, 0.5) is 0 Å². The number of hydrogen-bond acceptors (Lipinski definition) is 4. The fourth-order valence-electron chi connectivity index (χ4n) is 3.26. The van der Waals surface area contributed by atoms with Crippen LogP contribution in [0.25, 0.3) is 0 Å². The molecule has 1 aromatic carbocycles. The maximum atomic E-state index is 5.39. The molecule has 2 rings (SSSR count). The molecule has 0 saturated carbocycles. The predicted octanol–water partition coefficient (Wildman–Crippen LogP) is 2.53. The number of aliphatic imine (C=N–C) groups is 1. The van der Waals surface area contributed by atoms with Crippen molar-refractivity contribution in [2.75, 3.05) is 59.0 Å². The first-order chi connectivity index (χ1) is 13.3. The minimum absolute atomic E-state index is 0. The Morgan fingerprint density at radius 2 is 1.68 bits per heavy atom. The second kappa shape index (κ2) is 15.0. The molecule has 0 bridgehead atoms. The van der Waals surface area contributed by atoms with Gasteiger partial charge in [0, 0.05) is 52.4 Å². The molecule has 0 aromatic heterocycles. The predicted molar refractivity (Wildman–Crippen MR) is 129 cm³/mol. The minimum atomic E-state index is 0. The zero-order chi connectivity index (χ0) is 19.3. The monoisotopic (exact) mass is 503 g/mol. The van der Waals surface area contributed by atoms with Gasteiger partial charge in [-0.05, 0) is 31.5 Å². The van der Waals surface area contributed by atoms with Crippen molar-refractivity contribution in [3.8, 4) is 0 Å². The first kappa shape index (κ1) is 25.1. The van der Waals surface area contributed by atoms with E-state index in [0.717, 1.165) is 51.8 Å². The highest BCUT2D eigenvalue weighted by Crippen LogP contribution is 2.14. The Morgan fingerprint density at radius 1 is 1.00 bits per heavy atom. The number of guanidine groups is 1. The van der Waals surface area contributed by atoms with E-state index in [2.05, 4.69) is 58.5 Å². The van der Waals surface area contributed by atoms with Crippen LogP contribution in [-0.2, 0) is 17.8 Å². The summed E-state index contributed by atoms with van der Waals surface area (Å²) < 4.78 is 5.39. The van der Waals surface area contributed by atoms with E-state index in [-0.39, 0.29) is 24.0 Å². The molecule has 1 heterocycles. The number of rotatable bonds is 10. The van der Waals surface area contributed by atoms with Crippen LogP contribution in [-0.4, -0.2) is 74.8 Å². The molecule has 1 saturated heterocycles. The van der Waals surface area contributed by atoms with E-state index in [4.69, 9.17) is 9.73 Å². The van der Waals surface area contributed by atoms with Gasteiger partial charge in [0.1, 0.15) is 0 Å². The maximum absolute atomic E-state index is 5.39. The fraction of sp³-hybridized carbons (Fsp3) is 0.667. The molecule has 1 aliphatic rings. The summed E-state index contributed by atoms with van der Waals surface area (Å²) in [6.07, 6.45) is 0. The van der Waals surface area contributed by atoms with Crippen LogP contribution in [0, 0.1) is 0 Å². The molecule has 0 spiro atoms. The summed E-state index contributed by atoms with van der Waals surface area (Å²) in [5, 5.41) is 6.65. The van der Waals surface area contributed by atoms with E-state index in [1.54, 1.807) is 0 Å². The van der Waals surface area contributed by atoms with Crippen LogP contribution in [0.3, 0.4) is 0 Å². The summed E-state index contributed by atoms with van der Waals surface area (Å²) in [6.45, 7) is 16.9.